The van der Waals surface area contributed by atoms with E-state index < -0.39 is 0 Å². The molecule has 1 aliphatic heterocycles. The van der Waals surface area contributed by atoms with E-state index in [0.717, 1.165) is 51.6 Å². The molecule has 3 aromatic carbocycles. The molecule has 0 saturated carbocycles. The zero-order valence-corrected chi connectivity index (χ0v) is 32.5. The van der Waals surface area contributed by atoms with Gasteiger partial charge in [0.25, 0.3) is 11.8 Å². The van der Waals surface area contributed by atoms with Crippen LogP contribution in [-0.2, 0) is 0 Å². The third-order valence-corrected chi connectivity index (χ3v) is 9.71. The summed E-state index contributed by atoms with van der Waals surface area (Å²) in [4.78, 5) is 48.2. The number of hydrogen-bond donors (Lipinski definition) is 3. The number of anilines is 4. The summed E-state index contributed by atoms with van der Waals surface area (Å²) in [6.45, 7) is 2.09. The highest BCUT2D eigenvalue weighted by Gasteiger charge is 2.13. The fourth-order valence-electron chi connectivity index (χ4n) is 6.47. The molecule has 4 N–H and O–H groups in total. The van der Waals surface area contributed by atoms with E-state index in [1.165, 1.54) is 38.3 Å². The maximum atomic E-state index is 12.5. The van der Waals surface area contributed by atoms with Crippen molar-refractivity contribution in [3.63, 3.8) is 0 Å². The van der Waals surface area contributed by atoms with E-state index >= 15 is 0 Å². The first kappa shape index (κ1) is 39.3. The van der Waals surface area contributed by atoms with E-state index in [-0.39, 0.29) is 11.8 Å². The van der Waals surface area contributed by atoms with Crippen LogP contribution < -0.4 is 21.3 Å². The average molecular weight is 788 g/mol. The van der Waals surface area contributed by atoms with Crippen LogP contribution in [0.15, 0.2) is 146 Å². The molecule has 0 radical (unpaired) electrons. The van der Waals surface area contributed by atoms with Crippen LogP contribution in [0.3, 0.4) is 0 Å². The molecule has 2 amide bonds. The van der Waals surface area contributed by atoms with Crippen LogP contribution in [0, 0.1) is 0 Å². The van der Waals surface area contributed by atoms with Gasteiger partial charge in [0.05, 0.1) is 63.3 Å². The second kappa shape index (κ2) is 19.2. The van der Waals surface area contributed by atoms with Crippen molar-refractivity contribution in [3.8, 4) is 0 Å². The smallest absolute Gasteiger partial charge is 0.257 e. The molecule has 0 unspecified atom stereocenters. The number of nitrogens with one attached hydrogen (secondary N) is 2. The normalized spacial score (nSPS) is 12.6. The minimum absolute atomic E-state index is 0.168. The Labute approximate surface area is 341 Å². The minimum Gasteiger partial charge on any atom is -0.397 e. The van der Waals surface area contributed by atoms with Crippen molar-refractivity contribution in [1.82, 2.24) is 24.9 Å². The zero-order valence-electron chi connectivity index (χ0n) is 31.8. The fourth-order valence-corrected chi connectivity index (χ4v) is 6.58. The summed E-state index contributed by atoms with van der Waals surface area (Å²) in [6, 6.07) is 36.2. The Morgan fingerprint density at radius 3 is 1.48 bits per heavy atom. The predicted molar refractivity (Wildman–Crippen MR) is 234 cm³/mol. The third-order valence-electron chi connectivity index (χ3n) is 9.49. The summed E-state index contributed by atoms with van der Waals surface area (Å²) in [7, 11) is 0. The molecule has 11 nitrogen and oxygen atoms in total. The first-order chi connectivity index (χ1) is 28.4. The molecule has 9 rings (SSSR count). The van der Waals surface area contributed by atoms with Crippen LogP contribution in [0.4, 0.5) is 22.9 Å². The van der Waals surface area contributed by atoms with Gasteiger partial charge in [-0.25, -0.2) is 9.97 Å². The Morgan fingerprint density at radius 2 is 0.983 bits per heavy atom. The lowest BCUT2D eigenvalue weighted by atomic mass is 10.1. The van der Waals surface area contributed by atoms with E-state index in [2.05, 4.69) is 40.5 Å². The van der Waals surface area contributed by atoms with Crippen molar-refractivity contribution in [2.45, 2.75) is 32.1 Å². The van der Waals surface area contributed by atoms with Crippen LogP contribution in [-0.4, -0.2) is 49.8 Å². The van der Waals surface area contributed by atoms with Gasteiger partial charge in [-0.2, -0.15) is 0 Å². The Bertz CT molecular complexity index is 2630. The number of fused-ring (bicyclic) bond motifs is 3. The molecule has 1 aliphatic rings. The van der Waals surface area contributed by atoms with Crippen molar-refractivity contribution in [2.24, 2.45) is 0 Å². The molecule has 1 fully saturated rings. The van der Waals surface area contributed by atoms with Gasteiger partial charge in [-0.15, -0.1) is 0 Å². The lowest BCUT2D eigenvalue weighted by molar-refractivity contribution is 0.101. The van der Waals surface area contributed by atoms with Crippen LogP contribution in [0.1, 0.15) is 52.8 Å². The molecule has 0 aliphatic carbocycles. The van der Waals surface area contributed by atoms with Gasteiger partial charge in [0.1, 0.15) is 11.0 Å². The van der Waals surface area contributed by atoms with Crippen molar-refractivity contribution in [3.05, 3.63) is 163 Å². The number of aromatic nitrogens is 5. The van der Waals surface area contributed by atoms with Gasteiger partial charge < -0.3 is 21.3 Å². The zero-order chi connectivity index (χ0) is 40.1. The molecule has 1 saturated heterocycles. The van der Waals surface area contributed by atoms with Crippen molar-refractivity contribution < 1.29 is 9.59 Å². The monoisotopic (exact) mass is 787 g/mol. The number of rotatable bonds is 5. The minimum atomic E-state index is -0.244. The quantitative estimate of drug-likeness (QED) is 0.145. The average Bonchev–Trinajstić information content (AvgIpc) is 3.24. The summed E-state index contributed by atoms with van der Waals surface area (Å²) in [6.07, 6.45) is 14.4. The van der Waals surface area contributed by atoms with Gasteiger partial charge in [-0.1, -0.05) is 85.5 Å². The molecular formula is C46H42ClN9O2. The van der Waals surface area contributed by atoms with Crippen molar-refractivity contribution in [1.29, 1.82) is 0 Å². The largest absolute Gasteiger partial charge is 0.397 e. The maximum Gasteiger partial charge on any atom is 0.257 e. The van der Waals surface area contributed by atoms with E-state index in [1.54, 1.807) is 36.9 Å². The molecule has 58 heavy (non-hydrogen) atoms. The van der Waals surface area contributed by atoms with Crippen molar-refractivity contribution >= 4 is 79.0 Å². The summed E-state index contributed by atoms with van der Waals surface area (Å²) in [5, 5.41) is 9.12. The van der Waals surface area contributed by atoms with Crippen LogP contribution >= 0.6 is 11.6 Å². The van der Waals surface area contributed by atoms with Gasteiger partial charge in [0, 0.05) is 41.6 Å². The lowest BCUT2D eigenvalue weighted by Gasteiger charge is -2.25. The van der Waals surface area contributed by atoms with E-state index in [1.807, 2.05) is 103 Å². The van der Waals surface area contributed by atoms with E-state index in [9.17, 15) is 9.59 Å². The lowest BCUT2D eigenvalue weighted by Crippen LogP contribution is -2.27. The SMILES string of the molecule is Nc1cnc2ccccc2c1.O=C(Nc1cnc2ccccc2c1)c1ccc(Cl)nc1.O=C(Nc1cnc2ccccc2c1)c1ccc(N2CCCCCCC2)nc1. The molecule has 8 aromatic rings. The van der Waals surface area contributed by atoms with Crippen LogP contribution in [0.2, 0.25) is 5.15 Å². The molecule has 0 spiro atoms. The number of para-hydroxylation sites is 3. The molecule has 0 bridgehead atoms. The third kappa shape index (κ3) is 10.7. The number of nitrogen functional groups attached to an aromatic ring is 1. The van der Waals surface area contributed by atoms with Crippen LogP contribution in [0.5, 0.6) is 0 Å². The van der Waals surface area contributed by atoms with Crippen LogP contribution in [0.25, 0.3) is 32.7 Å². The second-order valence-corrected chi connectivity index (χ2v) is 14.1. The fraction of sp³-hybridized carbons (Fsp3) is 0.152. The predicted octanol–water partition coefficient (Wildman–Crippen LogP) is 10.0. The number of carbonyl (C=O) groups excluding carboxylic acids is 2. The first-order valence-corrected chi connectivity index (χ1v) is 19.5. The summed E-state index contributed by atoms with van der Waals surface area (Å²) < 4.78 is 0. The molecular weight excluding hydrogens is 746 g/mol. The molecule has 6 heterocycles. The number of nitrogens with zero attached hydrogens (tertiary/aromatic N) is 6. The number of hydrogen-bond acceptors (Lipinski definition) is 9. The summed E-state index contributed by atoms with van der Waals surface area (Å²) >= 11 is 5.69. The Morgan fingerprint density at radius 1 is 0.517 bits per heavy atom. The van der Waals surface area contributed by atoms with Gasteiger partial charge in [0.15, 0.2) is 0 Å². The number of halogens is 1. The number of pyridine rings is 5. The number of amides is 2. The first-order valence-electron chi connectivity index (χ1n) is 19.1. The number of benzene rings is 3. The second-order valence-electron chi connectivity index (χ2n) is 13.7. The Balaban J connectivity index is 0.000000144. The standard InChI is InChI=1S/C22H24N4O.C15H10ClN3O.C9H8N2/c27-22(25-19-14-17-8-4-5-9-20(17)23-16-19)18-10-11-21(24-15-18)26-12-6-2-1-3-7-13-26;16-14-6-5-11(8-18-14)15(20)19-12-7-10-3-1-2-4-13(10)17-9-12;10-8-5-7-3-1-2-4-9(7)11-6-8/h4-5,8-11,14-16H,1-3,6-7,12-13H2,(H,25,27);1-9H,(H,19,20);1-6H,10H2. The molecule has 12 heteroatoms. The highest BCUT2D eigenvalue weighted by Crippen LogP contribution is 2.21. The van der Waals surface area contributed by atoms with Gasteiger partial charge in [-0.05, 0) is 73.5 Å². The van der Waals surface area contributed by atoms with Gasteiger partial charge >= 0.3 is 0 Å². The summed E-state index contributed by atoms with van der Waals surface area (Å²) in [5.74, 6) is 0.547. The van der Waals surface area contributed by atoms with E-state index in [4.69, 9.17) is 17.3 Å². The van der Waals surface area contributed by atoms with Crippen molar-refractivity contribution in [2.75, 3.05) is 34.4 Å². The molecule has 5 aromatic heterocycles. The Hall–Kier alpha value is -6.98. The topological polar surface area (TPSA) is 152 Å². The van der Waals surface area contributed by atoms with Gasteiger partial charge in [0.2, 0.25) is 0 Å². The maximum absolute atomic E-state index is 12.5. The molecule has 0 atom stereocenters. The van der Waals surface area contributed by atoms with Gasteiger partial charge in [-0.3, -0.25) is 24.5 Å². The highest BCUT2D eigenvalue weighted by molar-refractivity contribution is 6.29. The molecule has 290 valence electrons. The summed E-state index contributed by atoms with van der Waals surface area (Å²) in [5.41, 5.74) is 11.4. The highest BCUT2D eigenvalue weighted by atomic mass is 35.5. The number of nitrogens with two attached hydrogens (primary N) is 1. The number of carbonyl (C=O) groups is 2. The van der Waals surface area contributed by atoms with E-state index in [0.29, 0.717) is 33.3 Å². The Kier molecular flexibility index (Phi) is 13.0.